The molecule has 0 unspecified atom stereocenters. The third-order valence-electron chi connectivity index (χ3n) is 2.37. The van der Waals surface area contributed by atoms with Crippen molar-refractivity contribution in [3.8, 4) is 0 Å². The van der Waals surface area contributed by atoms with Crippen molar-refractivity contribution >= 4 is 21.7 Å². The SMILES string of the molecule is Cc1cccc(C(=O)O)c1NS(=O)(=O)C(C)C. The lowest BCUT2D eigenvalue weighted by atomic mass is 10.1. The summed E-state index contributed by atoms with van der Waals surface area (Å²) in [6, 6.07) is 4.60. The van der Waals surface area contributed by atoms with Gasteiger partial charge in [-0.05, 0) is 32.4 Å². The Morgan fingerprint density at radius 1 is 1.35 bits per heavy atom. The van der Waals surface area contributed by atoms with E-state index in [0.717, 1.165) is 0 Å². The molecule has 0 heterocycles. The number of nitrogens with one attached hydrogen (secondary N) is 1. The maximum atomic E-state index is 11.7. The topological polar surface area (TPSA) is 83.5 Å². The van der Waals surface area contributed by atoms with Gasteiger partial charge < -0.3 is 5.11 Å². The first kappa shape index (κ1) is 13.5. The van der Waals surface area contributed by atoms with E-state index in [0.29, 0.717) is 5.56 Å². The lowest BCUT2D eigenvalue weighted by Crippen LogP contribution is -2.24. The van der Waals surface area contributed by atoms with Crippen LogP contribution in [0.1, 0.15) is 29.8 Å². The van der Waals surface area contributed by atoms with Crippen molar-refractivity contribution < 1.29 is 18.3 Å². The van der Waals surface area contributed by atoms with E-state index in [2.05, 4.69) is 4.72 Å². The molecule has 2 N–H and O–H groups in total. The van der Waals surface area contributed by atoms with Crippen LogP contribution in [0, 0.1) is 6.92 Å². The number of rotatable bonds is 4. The van der Waals surface area contributed by atoms with E-state index in [1.54, 1.807) is 19.1 Å². The van der Waals surface area contributed by atoms with Crippen LogP contribution in [0.4, 0.5) is 5.69 Å². The van der Waals surface area contributed by atoms with Gasteiger partial charge in [0.25, 0.3) is 0 Å². The molecule has 0 bridgehead atoms. The first-order chi connectivity index (χ1) is 7.75. The van der Waals surface area contributed by atoms with Gasteiger partial charge in [0.05, 0.1) is 16.5 Å². The molecule has 1 aromatic rings. The summed E-state index contributed by atoms with van der Waals surface area (Å²) in [6.07, 6.45) is 0. The van der Waals surface area contributed by atoms with Crippen molar-refractivity contribution in [1.29, 1.82) is 0 Å². The average molecular weight is 257 g/mol. The molecule has 0 aliphatic heterocycles. The number of para-hydroxylation sites is 1. The van der Waals surface area contributed by atoms with Crippen LogP contribution in [-0.2, 0) is 10.0 Å². The summed E-state index contributed by atoms with van der Waals surface area (Å²) >= 11 is 0. The van der Waals surface area contributed by atoms with Gasteiger partial charge >= 0.3 is 5.97 Å². The summed E-state index contributed by atoms with van der Waals surface area (Å²) in [7, 11) is -3.54. The molecule has 94 valence electrons. The molecule has 1 rings (SSSR count). The number of anilines is 1. The zero-order valence-electron chi connectivity index (χ0n) is 9.89. The Bertz CT molecular complexity index is 534. The normalized spacial score (nSPS) is 11.5. The Morgan fingerprint density at radius 3 is 2.41 bits per heavy atom. The van der Waals surface area contributed by atoms with E-state index in [1.807, 2.05) is 0 Å². The Kier molecular flexibility index (Phi) is 3.77. The minimum atomic E-state index is -3.54. The smallest absolute Gasteiger partial charge is 0.337 e. The van der Waals surface area contributed by atoms with Crippen molar-refractivity contribution in [2.24, 2.45) is 0 Å². The van der Waals surface area contributed by atoms with Crippen molar-refractivity contribution in [1.82, 2.24) is 0 Å². The standard InChI is InChI=1S/C11H15NO4S/c1-7(2)17(15,16)12-10-8(3)5-4-6-9(10)11(13)14/h4-7,12H,1-3H3,(H,13,14). The monoisotopic (exact) mass is 257 g/mol. The molecule has 0 aromatic heterocycles. The predicted molar refractivity (Wildman–Crippen MR) is 65.8 cm³/mol. The van der Waals surface area contributed by atoms with E-state index in [1.165, 1.54) is 19.9 Å². The molecule has 0 aliphatic rings. The van der Waals surface area contributed by atoms with Gasteiger partial charge in [-0.15, -0.1) is 0 Å². The lowest BCUT2D eigenvalue weighted by Gasteiger charge is -2.14. The third-order valence-corrected chi connectivity index (χ3v) is 4.10. The van der Waals surface area contributed by atoms with Gasteiger partial charge in [-0.2, -0.15) is 0 Å². The number of hydrogen-bond acceptors (Lipinski definition) is 3. The summed E-state index contributed by atoms with van der Waals surface area (Å²) < 4.78 is 25.8. The van der Waals surface area contributed by atoms with Crippen LogP contribution in [-0.4, -0.2) is 24.7 Å². The largest absolute Gasteiger partial charge is 0.478 e. The minimum Gasteiger partial charge on any atom is -0.478 e. The van der Waals surface area contributed by atoms with Gasteiger partial charge in [-0.1, -0.05) is 12.1 Å². The number of aryl methyl sites for hydroxylation is 1. The summed E-state index contributed by atoms with van der Waals surface area (Å²) in [5.41, 5.74) is 0.664. The predicted octanol–water partition coefficient (Wildman–Crippen LogP) is 1.84. The Hall–Kier alpha value is -1.56. The fourth-order valence-electron chi connectivity index (χ4n) is 1.24. The number of hydrogen-bond donors (Lipinski definition) is 2. The number of carboxylic acid groups (broad SMARTS) is 1. The molecule has 0 spiro atoms. The molecule has 0 radical (unpaired) electrons. The van der Waals surface area contributed by atoms with E-state index in [4.69, 9.17) is 5.11 Å². The fourth-order valence-corrected chi connectivity index (χ4v) is 2.03. The van der Waals surface area contributed by atoms with E-state index < -0.39 is 21.2 Å². The highest BCUT2D eigenvalue weighted by molar-refractivity contribution is 7.93. The Balaban J connectivity index is 3.28. The van der Waals surface area contributed by atoms with Gasteiger partial charge in [-0.25, -0.2) is 13.2 Å². The van der Waals surface area contributed by atoms with Gasteiger partial charge in [0.15, 0.2) is 0 Å². The number of sulfonamides is 1. The van der Waals surface area contributed by atoms with Crippen molar-refractivity contribution in [2.75, 3.05) is 4.72 Å². The van der Waals surface area contributed by atoms with Gasteiger partial charge in [0.1, 0.15) is 0 Å². The zero-order chi connectivity index (χ0) is 13.2. The van der Waals surface area contributed by atoms with Gasteiger partial charge in [0.2, 0.25) is 10.0 Å². The van der Waals surface area contributed by atoms with E-state index >= 15 is 0 Å². The fraction of sp³-hybridized carbons (Fsp3) is 0.364. The molecular formula is C11H15NO4S. The van der Waals surface area contributed by atoms with Crippen molar-refractivity contribution in [3.63, 3.8) is 0 Å². The van der Waals surface area contributed by atoms with Crippen LogP contribution < -0.4 is 4.72 Å². The van der Waals surface area contributed by atoms with Crippen LogP contribution in [0.15, 0.2) is 18.2 Å². The molecular weight excluding hydrogens is 242 g/mol. The van der Waals surface area contributed by atoms with Crippen molar-refractivity contribution in [2.45, 2.75) is 26.0 Å². The van der Waals surface area contributed by atoms with Crippen LogP contribution in [0.2, 0.25) is 0 Å². The highest BCUT2D eigenvalue weighted by Crippen LogP contribution is 2.22. The maximum Gasteiger partial charge on any atom is 0.337 e. The maximum absolute atomic E-state index is 11.7. The Labute approximate surface area is 101 Å². The second-order valence-electron chi connectivity index (χ2n) is 4.00. The van der Waals surface area contributed by atoms with Crippen LogP contribution in [0.25, 0.3) is 0 Å². The number of benzene rings is 1. The zero-order valence-corrected chi connectivity index (χ0v) is 10.7. The first-order valence-electron chi connectivity index (χ1n) is 5.10. The molecule has 0 saturated carbocycles. The molecule has 0 saturated heterocycles. The summed E-state index contributed by atoms with van der Waals surface area (Å²) in [6.45, 7) is 4.71. The second-order valence-corrected chi connectivity index (χ2v) is 6.24. The number of aromatic carboxylic acids is 1. The van der Waals surface area contributed by atoms with Crippen LogP contribution >= 0.6 is 0 Å². The second kappa shape index (κ2) is 4.75. The molecule has 6 heteroatoms. The Morgan fingerprint density at radius 2 is 1.94 bits per heavy atom. The lowest BCUT2D eigenvalue weighted by molar-refractivity contribution is 0.0698. The number of carboxylic acids is 1. The van der Waals surface area contributed by atoms with E-state index in [9.17, 15) is 13.2 Å². The van der Waals surface area contributed by atoms with Crippen LogP contribution in [0.3, 0.4) is 0 Å². The molecule has 0 aliphatic carbocycles. The quantitative estimate of drug-likeness (QED) is 0.862. The number of carbonyl (C=O) groups is 1. The molecule has 1 aromatic carbocycles. The van der Waals surface area contributed by atoms with Gasteiger partial charge in [0, 0.05) is 0 Å². The molecule has 0 amide bonds. The van der Waals surface area contributed by atoms with Crippen LogP contribution in [0.5, 0.6) is 0 Å². The molecule has 0 fully saturated rings. The highest BCUT2D eigenvalue weighted by atomic mass is 32.2. The summed E-state index contributed by atoms with van der Waals surface area (Å²) in [4.78, 5) is 11.0. The minimum absolute atomic E-state index is 0.0470. The highest BCUT2D eigenvalue weighted by Gasteiger charge is 2.20. The molecule has 17 heavy (non-hydrogen) atoms. The summed E-state index contributed by atoms with van der Waals surface area (Å²) in [5.74, 6) is -1.16. The average Bonchev–Trinajstić information content (AvgIpc) is 2.20. The van der Waals surface area contributed by atoms with Gasteiger partial charge in [-0.3, -0.25) is 4.72 Å². The summed E-state index contributed by atoms with van der Waals surface area (Å²) in [5, 5.41) is 8.37. The third kappa shape index (κ3) is 2.97. The molecule has 5 nitrogen and oxygen atoms in total. The first-order valence-corrected chi connectivity index (χ1v) is 6.65. The molecule has 0 atom stereocenters. The van der Waals surface area contributed by atoms with Crippen molar-refractivity contribution in [3.05, 3.63) is 29.3 Å². The van der Waals surface area contributed by atoms with E-state index in [-0.39, 0.29) is 11.3 Å².